The van der Waals surface area contributed by atoms with Crippen LogP contribution in [0.5, 0.6) is 11.5 Å². The molecule has 6 rings (SSSR count). The summed E-state index contributed by atoms with van der Waals surface area (Å²) in [5.74, 6) is -0.458. The van der Waals surface area contributed by atoms with Crippen molar-refractivity contribution in [3.05, 3.63) is 70.0 Å². The molecule has 3 aliphatic heterocycles. The third kappa shape index (κ3) is 6.95. The van der Waals surface area contributed by atoms with Crippen LogP contribution in [0.15, 0.2) is 48.5 Å². The van der Waals surface area contributed by atoms with E-state index in [1.807, 2.05) is 38.0 Å². The van der Waals surface area contributed by atoms with Crippen molar-refractivity contribution in [2.45, 2.75) is 37.6 Å². The number of carbonyl (C=O) groups is 2. The first-order chi connectivity index (χ1) is 22.9. The molecule has 0 saturated carbocycles. The number of Topliss-reactive ketones (excluding diaryl/α,β-unsaturated/α-hetero) is 1. The smallest absolute Gasteiger partial charge is 0.349 e. The maximum atomic E-state index is 14.7. The fourth-order valence-corrected chi connectivity index (χ4v) is 7.30. The van der Waals surface area contributed by atoms with Crippen molar-refractivity contribution in [1.29, 1.82) is 0 Å². The highest BCUT2D eigenvalue weighted by Gasteiger charge is 2.50. The van der Waals surface area contributed by atoms with Crippen LogP contribution < -0.4 is 35.2 Å². The van der Waals surface area contributed by atoms with Gasteiger partial charge in [-0.25, -0.2) is 9.18 Å². The Labute approximate surface area is 289 Å². The number of nitrogens with one attached hydrogen (secondary N) is 3. The van der Waals surface area contributed by atoms with E-state index < -0.39 is 29.7 Å². The third-order valence-electron chi connectivity index (χ3n) is 9.25. The SMILES string of the molecule is CN(C)c1cc2c(cc1Cl)NCC(C(=O)OC(C(=O)C1CNc3cc(Cl)c(N(C)C)cc3O1)C1(Cc3ccc(F)cc3)CCNCC1)O2. The first-order valence-electron chi connectivity index (χ1n) is 16.0. The molecule has 1 fully saturated rings. The molecule has 1 saturated heterocycles. The molecule has 0 aliphatic carbocycles. The Kier molecular flexibility index (Phi) is 9.83. The number of hydrogen-bond donors (Lipinski definition) is 3. The van der Waals surface area contributed by atoms with Gasteiger partial charge in [0.05, 0.1) is 45.9 Å². The number of anilines is 4. The van der Waals surface area contributed by atoms with Crippen molar-refractivity contribution in [1.82, 2.24) is 5.32 Å². The van der Waals surface area contributed by atoms with E-state index in [1.165, 1.54) is 12.1 Å². The zero-order chi connectivity index (χ0) is 34.2. The number of fused-ring (bicyclic) bond motifs is 2. The van der Waals surface area contributed by atoms with Gasteiger partial charge in [-0.1, -0.05) is 35.3 Å². The second-order valence-corrected chi connectivity index (χ2v) is 13.8. The Balaban J connectivity index is 1.32. The van der Waals surface area contributed by atoms with E-state index in [0.717, 1.165) is 16.9 Å². The summed E-state index contributed by atoms with van der Waals surface area (Å²) in [4.78, 5) is 32.4. The lowest BCUT2D eigenvalue weighted by Crippen LogP contribution is -2.57. The first kappa shape index (κ1) is 34.0. The summed E-state index contributed by atoms with van der Waals surface area (Å²) in [6.07, 6.45) is -1.68. The van der Waals surface area contributed by atoms with Gasteiger partial charge < -0.3 is 40.0 Å². The van der Waals surface area contributed by atoms with Gasteiger partial charge in [0, 0.05) is 45.7 Å². The Morgan fingerprint density at radius 3 is 1.94 bits per heavy atom. The Morgan fingerprint density at radius 2 is 1.40 bits per heavy atom. The van der Waals surface area contributed by atoms with E-state index in [2.05, 4.69) is 16.0 Å². The van der Waals surface area contributed by atoms with Gasteiger partial charge in [0.25, 0.3) is 0 Å². The highest BCUT2D eigenvalue weighted by molar-refractivity contribution is 6.34. The maximum Gasteiger partial charge on any atom is 0.349 e. The number of carbonyl (C=O) groups excluding carboxylic acids is 2. The molecule has 3 unspecified atom stereocenters. The normalized spacial score (nSPS) is 20.0. The third-order valence-corrected chi connectivity index (χ3v) is 9.86. The van der Waals surface area contributed by atoms with Crippen molar-refractivity contribution in [2.75, 3.05) is 74.8 Å². The molecular formula is C35H40Cl2FN5O5. The molecule has 256 valence electrons. The molecule has 48 heavy (non-hydrogen) atoms. The lowest BCUT2D eigenvalue weighted by atomic mass is 9.68. The van der Waals surface area contributed by atoms with E-state index in [9.17, 15) is 14.0 Å². The summed E-state index contributed by atoms with van der Waals surface area (Å²) < 4.78 is 32.7. The molecule has 3 aromatic carbocycles. The zero-order valence-corrected chi connectivity index (χ0v) is 28.9. The number of esters is 1. The van der Waals surface area contributed by atoms with Crippen LogP contribution in [-0.4, -0.2) is 84.4 Å². The van der Waals surface area contributed by atoms with Crippen molar-refractivity contribution in [2.24, 2.45) is 5.41 Å². The second kappa shape index (κ2) is 13.9. The minimum atomic E-state index is -1.18. The van der Waals surface area contributed by atoms with Gasteiger partial charge in [-0.15, -0.1) is 0 Å². The number of nitrogens with zero attached hydrogens (tertiary/aromatic N) is 2. The van der Waals surface area contributed by atoms with Gasteiger partial charge in [0.2, 0.25) is 11.9 Å². The van der Waals surface area contributed by atoms with Crippen molar-refractivity contribution >= 4 is 57.7 Å². The van der Waals surface area contributed by atoms with Gasteiger partial charge in [-0.05, 0) is 62.2 Å². The quantitative estimate of drug-likeness (QED) is 0.252. The lowest BCUT2D eigenvalue weighted by Gasteiger charge is -2.44. The fourth-order valence-electron chi connectivity index (χ4n) is 6.64. The number of hydrogen-bond acceptors (Lipinski definition) is 10. The molecular weight excluding hydrogens is 660 g/mol. The molecule has 3 aliphatic rings. The number of halogens is 3. The molecule has 3 N–H and O–H groups in total. The van der Waals surface area contributed by atoms with Crippen LogP contribution in [0.4, 0.5) is 27.1 Å². The van der Waals surface area contributed by atoms with E-state index in [1.54, 1.807) is 36.4 Å². The maximum absolute atomic E-state index is 14.7. The molecule has 0 spiro atoms. The molecule has 0 radical (unpaired) electrons. The minimum Gasteiger partial charge on any atom is -0.478 e. The van der Waals surface area contributed by atoms with Crippen molar-refractivity contribution in [3.8, 4) is 11.5 Å². The molecule has 0 bridgehead atoms. The molecule has 3 aromatic rings. The standard InChI is InChI=1S/C35H40Cl2FN5O5/c1-42(2)26-15-28-24(13-22(26)36)40-18-30(46-28)32(44)33(35(9-11-39-12-10-35)17-20-5-7-21(38)8-6-20)48-34(45)31-19-41-25-14-23(37)27(43(3)4)16-29(25)47-31/h5-8,13-16,30-31,33,39-41H,9-12,17-19H2,1-4H3. The monoisotopic (exact) mass is 699 g/mol. The highest BCUT2D eigenvalue weighted by Crippen LogP contribution is 2.43. The summed E-state index contributed by atoms with van der Waals surface area (Å²) in [7, 11) is 7.47. The van der Waals surface area contributed by atoms with Crippen molar-refractivity contribution in [3.63, 3.8) is 0 Å². The number of ether oxygens (including phenoxy) is 3. The number of benzene rings is 3. The van der Waals surface area contributed by atoms with Gasteiger partial charge in [0.15, 0.2) is 12.2 Å². The number of rotatable bonds is 9. The summed E-state index contributed by atoms with van der Waals surface area (Å²) in [5.41, 5.74) is 2.84. The van der Waals surface area contributed by atoms with Crippen LogP contribution in [-0.2, 0) is 20.7 Å². The molecule has 3 atom stereocenters. The van der Waals surface area contributed by atoms with Crippen LogP contribution in [0.25, 0.3) is 0 Å². The average molecular weight is 701 g/mol. The predicted octanol–water partition coefficient (Wildman–Crippen LogP) is 5.40. The number of ketones is 1. The summed E-state index contributed by atoms with van der Waals surface area (Å²) in [6.45, 7) is 1.51. The van der Waals surface area contributed by atoms with Crippen LogP contribution in [0.3, 0.4) is 0 Å². The van der Waals surface area contributed by atoms with Crippen LogP contribution in [0.1, 0.15) is 18.4 Å². The molecule has 0 aromatic heterocycles. The van der Waals surface area contributed by atoms with Crippen LogP contribution in [0.2, 0.25) is 10.0 Å². The summed E-state index contributed by atoms with van der Waals surface area (Å²) in [6, 6.07) is 13.3. The largest absolute Gasteiger partial charge is 0.478 e. The number of piperidine rings is 1. The molecule has 3 heterocycles. The van der Waals surface area contributed by atoms with Crippen molar-refractivity contribution < 1.29 is 28.2 Å². The minimum absolute atomic E-state index is 0.125. The topological polar surface area (TPSA) is 104 Å². The lowest BCUT2D eigenvalue weighted by molar-refractivity contribution is -0.174. The van der Waals surface area contributed by atoms with E-state index in [-0.39, 0.29) is 24.7 Å². The predicted molar refractivity (Wildman–Crippen MR) is 187 cm³/mol. The van der Waals surface area contributed by atoms with Gasteiger partial charge in [0.1, 0.15) is 17.3 Å². The zero-order valence-electron chi connectivity index (χ0n) is 27.4. The first-order valence-corrected chi connectivity index (χ1v) is 16.7. The van der Waals surface area contributed by atoms with Crippen LogP contribution in [0, 0.1) is 11.2 Å². The van der Waals surface area contributed by atoms with Gasteiger partial charge in [-0.2, -0.15) is 0 Å². The summed E-state index contributed by atoms with van der Waals surface area (Å²) >= 11 is 12.9. The Hall–Kier alpha value is -3.93. The Morgan fingerprint density at radius 1 is 0.875 bits per heavy atom. The van der Waals surface area contributed by atoms with E-state index >= 15 is 0 Å². The molecule has 13 heteroatoms. The second-order valence-electron chi connectivity index (χ2n) is 13.0. The van der Waals surface area contributed by atoms with Crippen LogP contribution >= 0.6 is 23.2 Å². The Bertz CT molecular complexity index is 1680. The molecule has 10 nitrogen and oxygen atoms in total. The summed E-state index contributed by atoms with van der Waals surface area (Å²) in [5, 5.41) is 11.0. The molecule has 0 amide bonds. The highest BCUT2D eigenvalue weighted by atomic mass is 35.5. The van der Waals surface area contributed by atoms with E-state index in [0.29, 0.717) is 65.3 Å². The van der Waals surface area contributed by atoms with Gasteiger partial charge in [-0.3, -0.25) is 4.79 Å². The fraction of sp³-hybridized carbons (Fsp3) is 0.429. The average Bonchev–Trinajstić information content (AvgIpc) is 3.07. The van der Waals surface area contributed by atoms with E-state index in [4.69, 9.17) is 37.4 Å². The van der Waals surface area contributed by atoms with Gasteiger partial charge >= 0.3 is 5.97 Å².